The molecule has 0 radical (unpaired) electrons. The molecule has 1 heterocycles. The van der Waals surface area contributed by atoms with Crippen molar-refractivity contribution in [2.45, 2.75) is 37.5 Å². The summed E-state index contributed by atoms with van der Waals surface area (Å²) in [4.78, 5) is 12.1. The van der Waals surface area contributed by atoms with Gasteiger partial charge in [0.05, 0.1) is 11.1 Å². The molecule has 1 amide bonds. The fourth-order valence-corrected chi connectivity index (χ4v) is 3.10. The van der Waals surface area contributed by atoms with E-state index in [1.807, 2.05) is 0 Å². The molecule has 1 aliphatic heterocycles. The van der Waals surface area contributed by atoms with Crippen molar-refractivity contribution in [3.63, 3.8) is 0 Å². The van der Waals surface area contributed by atoms with Gasteiger partial charge in [0.2, 0.25) is 5.91 Å². The molecule has 2 aliphatic rings. The van der Waals surface area contributed by atoms with Gasteiger partial charge in [0.25, 0.3) is 0 Å². The Balaban J connectivity index is 2.06. The third kappa shape index (κ3) is 1.86. The first-order chi connectivity index (χ1) is 8.92. The van der Waals surface area contributed by atoms with Crippen molar-refractivity contribution in [3.05, 3.63) is 23.8 Å². The zero-order valence-corrected chi connectivity index (χ0v) is 10.0. The zero-order chi connectivity index (χ0) is 13.7. The average Bonchev–Trinajstić information content (AvgIpc) is 2.88. The molecule has 3 rings (SSSR count). The lowest BCUT2D eigenvalue weighted by Gasteiger charge is -2.20. The van der Waals surface area contributed by atoms with Gasteiger partial charge in [0.1, 0.15) is 0 Å². The van der Waals surface area contributed by atoms with Crippen LogP contribution in [0.5, 0.6) is 5.75 Å². The van der Waals surface area contributed by atoms with E-state index in [4.69, 9.17) is 0 Å². The van der Waals surface area contributed by atoms with E-state index < -0.39 is 11.8 Å². The summed E-state index contributed by atoms with van der Waals surface area (Å²) >= 11 is 0. The zero-order valence-electron chi connectivity index (χ0n) is 10.0. The average molecular weight is 271 g/mol. The topological polar surface area (TPSA) is 38.3 Å². The Bertz CT molecular complexity index is 533. The molecule has 1 N–H and O–H groups in total. The minimum absolute atomic E-state index is 0.173. The number of rotatable bonds is 1. The molecule has 6 heteroatoms. The fourth-order valence-electron chi connectivity index (χ4n) is 3.10. The number of amides is 1. The molecule has 1 fully saturated rings. The highest BCUT2D eigenvalue weighted by Gasteiger charge is 2.49. The van der Waals surface area contributed by atoms with E-state index in [1.54, 1.807) is 6.07 Å². The van der Waals surface area contributed by atoms with Gasteiger partial charge in [0.15, 0.2) is 5.75 Å². The number of benzene rings is 1. The number of ether oxygens (including phenoxy) is 1. The molecule has 0 bridgehead atoms. The van der Waals surface area contributed by atoms with Crippen LogP contribution in [-0.4, -0.2) is 12.3 Å². The second kappa shape index (κ2) is 3.88. The predicted octanol–water partition coefficient (Wildman–Crippen LogP) is 3.35. The molecule has 1 saturated carbocycles. The van der Waals surface area contributed by atoms with Gasteiger partial charge >= 0.3 is 6.36 Å². The van der Waals surface area contributed by atoms with Crippen molar-refractivity contribution < 1.29 is 22.7 Å². The molecule has 102 valence electrons. The lowest BCUT2D eigenvalue weighted by molar-refractivity contribution is -0.274. The van der Waals surface area contributed by atoms with Crippen molar-refractivity contribution in [1.82, 2.24) is 0 Å². The van der Waals surface area contributed by atoms with Gasteiger partial charge in [-0.25, -0.2) is 0 Å². The first-order valence-corrected chi connectivity index (χ1v) is 6.13. The highest BCUT2D eigenvalue weighted by atomic mass is 19.4. The predicted molar refractivity (Wildman–Crippen MR) is 61.9 cm³/mol. The standard InChI is InChI=1S/C13H12F3NO2/c14-13(15,16)19-9-5-3-4-8-10(9)17-11(18)12(8)6-1-2-7-12/h3-5H,1-2,6-7H2,(H,17,18). The summed E-state index contributed by atoms with van der Waals surface area (Å²) in [5, 5.41) is 2.56. The number of halogens is 3. The number of alkyl halides is 3. The molecule has 3 nitrogen and oxygen atoms in total. The van der Waals surface area contributed by atoms with Crippen LogP contribution >= 0.6 is 0 Å². The maximum atomic E-state index is 12.3. The van der Waals surface area contributed by atoms with E-state index in [2.05, 4.69) is 10.1 Å². The van der Waals surface area contributed by atoms with Crippen LogP contribution in [0.4, 0.5) is 18.9 Å². The van der Waals surface area contributed by atoms with E-state index in [0.29, 0.717) is 18.4 Å². The van der Waals surface area contributed by atoms with Crippen LogP contribution in [0.2, 0.25) is 0 Å². The maximum absolute atomic E-state index is 12.3. The van der Waals surface area contributed by atoms with Gasteiger partial charge in [-0.3, -0.25) is 4.79 Å². The summed E-state index contributed by atoms with van der Waals surface area (Å²) in [5.41, 5.74) is 0.156. The first-order valence-electron chi connectivity index (χ1n) is 6.13. The van der Waals surface area contributed by atoms with Gasteiger partial charge in [0, 0.05) is 0 Å². The number of carbonyl (C=O) groups excluding carboxylic acids is 1. The highest BCUT2D eigenvalue weighted by molar-refractivity contribution is 6.07. The SMILES string of the molecule is O=C1Nc2c(OC(F)(F)F)cccc2C12CCCC2. The normalized spacial score (nSPS) is 20.5. The van der Waals surface area contributed by atoms with E-state index >= 15 is 0 Å². The maximum Gasteiger partial charge on any atom is 0.573 e. The number of carbonyl (C=O) groups is 1. The Morgan fingerprint density at radius 2 is 1.89 bits per heavy atom. The Morgan fingerprint density at radius 3 is 2.53 bits per heavy atom. The van der Waals surface area contributed by atoms with Gasteiger partial charge < -0.3 is 10.1 Å². The van der Waals surface area contributed by atoms with E-state index in [-0.39, 0.29) is 17.3 Å². The summed E-state index contributed by atoms with van der Waals surface area (Å²) in [6.45, 7) is 0. The third-order valence-electron chi connectivity index (χ3n) is 3.90. The summed E-state index contributed by atoms with van der Waals surface area (Å²) < 4.78 is 41.0. The lowest BCUT2D eigenvalue weighted by atomic mass is 9.80. The number of fused-ring (bicyclic) bond motifs is 2. The molecule has 1 aliphatic carbocycles. The van der Waals surface area contributed by atoms with Crippen LogP contribution in [0.1, 0.15) is 31.2 Å². The van der Waals surface area contributed by atoms with Crippen molar-refractivity contribution in [2.24, 2.45) is 0 Å². The number of anilines is 1. The second-order valence-corrected chi connectivity index (χ2v) is 4.97. The van der Waals surface area contributed by atoms with E-state index in [9.17, 15) is 18.0 Å². The van der Waals surface area contributed by atoms with Crippen molar-refractivity contribution in [3.8, 4) is 5.75 Å². The Labute approximate surface area is 107 Å². The second-order valence-electron chi connectivity index (χ2n) is 4.97. The summed E-state index contributed by atoms with van der Waals surface area (Å²) in [6, 6.07) is 4.43. The molecule has 1 aromatic rings. The van der Waals surface area contributed by atoms with Crippen LogP contribution in [-0.2, 0) is 10.2 Å². The quantitative estimate of drug-likeness (QED) is 0.850. The van der Waals surface area contributed by atoms with Crippen LogP contribution in [0.3, 0.4) is 0 Å². The van der Waals surface area contributed by atoms with Crippen molar-refractivity contribution in [1.29, 1.82) is 0 Å². The van der Waals surface area contributed by atoms with Crippen LogP contribution < -0.4 is 10.1 Å². The Kier molecular flexibility index (Phi) is 2.52. The molecular weight excluding hydrogens is 259 g/mol. The monoisotopic (exact) mass is 271 g/mol. The van der Waals surface area contributed by atoms with Crippen molar-refractivity contribution in [2.75, 3.05) is 5.32 Å². The summed E-state index contributed by atoms with van der Waals surface area (Å²) in [5.74, 6) is -0.541. The van der Waals surface area contributed by atoms with Gasteiger partial charge in [-0.05, 0) is 24.5 Å². The first kappa shape index (κ1) is 12.3. The number of hydrogen-bond donors (Lipinski definition) is 1. The van der Waals surface area contributed by atoms with E-state index in [1.165, 1.54) is 12.1 Å². The minimum Gasteiger partial charge on any atom is -0.404 e. The largest absolute Gasteiger partial charge is 0.573 e. The van der Waals surface area contributed by atoms with Gasteiger partial charge in [-0.1, -0.05) is 25.0 Å². The van der Waals surface area contributed by atoms with Crippen LogP contribution in [0.25, 0.3) is 0 Å². The smallest absolute Gasteiger partial charge is 0.404 e. The molecule has 19 heavy (non-hydrogen) atoms. The highest BCUT2D eigenvalue weighted by Crippen LogP contribution is 2.51. The molecule has 0 saturated heterocycles. The number of para-hydroxylation sites is 1. The summed E-state index contributed by atoms with van der Waals surface area (Å²) in [7, 11) is 0. The number of hydrogen-bond acceptors (Lipinski definition) is 2. The Hall–Kier alpha value is -1.72. The lowest BCUT2D eigenvalue weighted by Crippen LogP contribution is -2.30. The third-order valence-corrected chi connectivity index (χ3v) is 3.90. The minimum atomic E-state index is -4.76. The van der Waals surface area contributed by atoms with Gasteiger partial charge in [-0.15, -0.1) is 13.2 Å². The molecule has 1 spiro atoms. The van der Waals surface area contributed by atoms with E-state index in [0.717, 1.165) is 12.8 Å². The molecule has 1 aromatic carbocycles. The van der Waals surface area contributed by atoms with Crippen molar-refractivity contribution >= 4 is 11.6 Å². The molecule has 0 atom stereocenters. The molecular formula is C13H12F3NO2. The molecule has 0 unspecified atom stereocenters. The number of nitrogens with one attached hydrogen (secondary N) is 1. The molecule has 0 aromatic heterocycles. The summed E-state index contributed by atoms with van der Waals surface area (Å²) in [6.07, 6.45) is -1.57. The Morgan fingerprint density at radius 1 is 1.21 bits per heavy atom. The van der Waals surface area contributed by atoms with Crippen LogP contribution in [0, 0.1) is 0 Å². The van der Waals surface area contributed by atoms with Gasteiger partial charge in [-0.2, -0.15) is 0 Å². The van der Waals surface area contributed by atoms with Crippen LogP contribution in [0.15, 0.2) is 18.2 Å². The fraction of sp³-hybridized carbons (Fsp3) is 0.462.